The molecule has 1 unspecified atom stereocenters. The molecule has 1 aromatic carbocycles. The summed E-state index contributed by atoms with van der Waals surface area (Å²) in [5.41, 5.74) is 1.01. The zero-order valence-electron chi connectivity index (χ0n) is 14.6. The zero-order chi connectivity index (χ0) is 18.4. The number of carbonyl (C=O) groups excluding carboxylic acids is 2. The first kappa shape index (κ1) is 18.4. The van der Waals surface area contributed by atoms with E-state index in [9.17, 15) is 9.59 Å². The van der Waals surface area contributed by atoms with Crippen LogP contribution < -0.4 is 14.8 Å². The van der Waals surface area contributed by atoms with Crippen molar-refractivity contribution in [2.75, 3.05) is 14.2 Å². The van der Waals surface area contributed by atoms with E-state index in [1.807, 2.05) is 6.92 Å². The molecule has 2 rings (SSSR count). The van der Waals surface area contributed by atoms with E-state index in [1.54, 1.807) is 24.3 Å². The Balaban J connectivity index is 2.01. The Morgan fingerprint density at radius 2 is 1.84 bits per heavy atom. The third-order valence-electron chi connectivity index (χ3n) is 3.66. The van der Waals surface area contributed by atoms with Crippen LogP contribution in [0.5, 0.6) is 11.5 Å². The number of furan rings is 1. The minimum atomic E-state index is -0.958. The van der Waals surface area contributed by atoms with Gasteiger partial charge in [-0.05, 0) is 38.1 Å². The summed E-state index contributed by atoms with van der Waals surface area (Å²) in [7, 11) is 3.00. The smallest absolute Gasteiger partial charge is 0.339 e. The molecule has 0 bridgehead atoms. The van der Waals surface area contributed by atoms with Crippen molar-refractivity contribution in [2.24, 2.45) is 0 Å². The van der Waals surface area contributed by atoms with E-state index < -0.39 is 18.0 Å². The van der Waals surface area contributed by atoms with E-state index in [0.717, 1.165) is 5.56 Å². The normalized spacial score (nSPS) is 11.5. The van der Waals surface area contributed by atoms with Gasteiger partial charge in [-0.2, -0.15) is 0 Å². The Hall–Kier alpha value is -2.96. The minimum Gasteiger partial charge on any atom is -0.496 e. The monoisotopic (exact) mass is 347 g/mol. The van der Waals surface area contributed by atoms with Gasteiger partial charge in [0.05, 0.1) is 32.6 Å². The summed E-state index contributed by atoms with van der Waals surface area (Å²) in [5, 5.41) is 2.64. The molecule has 1 aromatic heterocycles. The van der Waals surface area contributed by atoms with Crippen LogP contribution in [-0.4, -0.2) is 32.2 Å². The second kappa shape index (κ2) is 8.23. The van der Waals surface area contributed by atoms with E-state index in [2.05, 4.69) is 5.32 Å². The molecule has 0 radical (unpaired) electrons. The van der Waals surface area contributed by atoms with E-state index in [1.165, 1.54) is 27.4 Å². The van der Waals surface area contributed by atoms with Crippen molar-refractivity contribution in [1.82, 2.24) is 5.32 Å². The molecular formula is C18H21NO6. The highest BCUT2D eigenvalue weighted by atomic mass is 16.5. The molecule has 1 N–H and O–H groups in total. The maximum Gasteiger partial charge on any atom is 0.339 e. The van der Waals surface area contributed by atoms with Crippen LogP contribution in [0, 0.1) is 6.92 Å². The lowest BCUT2D eigenvalue weighted by Gasteiger charge is -2.15. The van der Waals surface area contributed by atoms with Gasteiger partial charge >= 0.3 is 5.97 Å². The molecule has 25 heavy (non-hydrogen) atoms. The first-order chi connectivity index (χ1) is 12.0. The van der Waals surface area contributed by atoms with Crippen LogP contribution in [0.3, 0.4) is 0 Å². The van der Waals surface area contributed by atoms with Gasteiger partial charge in [0.25, 0.3) is 5.91 Å². The Morgan fingerprint density at radius 3 is 2.36 bits per heavy atom. The van der Waals surface area contributed by atoms with E-state index in [-0.39, 0.29) is 12.1 Å². The van der Waals surface area contributed by atoms with Crippen LogP contribution in [0.15, 0.2) is 34.9 Å². The van der Waals surface area contributed by atoms with Crippen molar-refractivity contribution in [3.8, 4) is 11.5 Å². The molecule has 0 fully saturated rings. The van der Waals surface area contributed by atoms with Crippen molar-refractivity contribution < 1.29 is 28.2 Å². The fourth-order valence-corrected chi connectivity index (χ4v) is 2.22. The Kier molecular flexibility index (Phi) is 6.05. The van der Waals surface area contributed by atoms with Crippen molar-refractivity contribution in [1.29, 1.82) is 0 Å². The molecule has 1 atom stereocenters. The number of esters is 1. The molecule has 0 spiro atoms. The molecule has 0 aliphatic heterocycles. The quantitative estimate of drug-likeness (QED) is 0.774. The van der Waals surface area contributed by atoms with Gasteiger partial charge in [0.2, 0.25) is 0 Å². The van der Waals surface area contributed by atoms with Gasteiger partial charge < -0.3 is 23.9 Å². The highest BCUT2D eigenvalue weighted by molar-refractivity contribution is 5.93. The first-order valence-corrected chi connectivity index (χ1v) is 7.70. The largest absolute Gasteiger partial charge is 0.496 e. The summed E-state index contributed by atoms with van der Waals surface area (Å²) < 4.78 is 20.8. The van der Waals surface area contributed by atoms with Crippen molar-refractivity contribution in [3.63, 3.8) is 0 Å². The van der Waals surface area contributed by atoms with Gasteiger partial charge in [0.1, 0.15) is 17.3 Å². The SMILES string of the molecule is COc1cc(C(=O)OC(C)C(=O)NCc2ccco2)cc(OC)c1C. The Labute approximate surface area is 145 Å². The van der Waals surface area contributed by atoms with Gasteiger partial charge in [-0.3, -0.25) is 4.79 Å². The number of benzene rings is 1. The molecule has 7 heteroatoms. The molecule has 0 aliphatic carbocycles. The van der Waals surface area contributed by atoms with Gasteiger partial charge in [0, 0.05) is 5.56 Å². The molecule has 1 amide bonds. The van der Waals surface area contributed by atoms with Crippen molar-refractivity contribution in [2.45, 2.75) is 26.5 Å². The predicted molar refractivity (Wildman–Crippen MR) is 89.7 cm³/mol. The van der Waals surface area contributed by atoms with Crippen LogP contribution in [0.25, 0.3) is 0 Å². The molecular weight excluding hydrogens is 326 g/mol. The lowest BCUT2D eigenvalue weighted by molar-refractivity contribution is -0.129. The molecule has 0 saturated carbocycles. The van der Waals surface area contributed by atoms with Gasteiger partial charge in [0.15, 0.2) is 6.10 Å². The third kappa shape index (κ3) is 4.53. The highest BCUT2D eigenvalue weighted by Crippen LogP contribution is 2.29. The van der Waals surface area contributed by atoms with Crippen molar-refractivity contribution >= 4 is 11.9 Å². The van der Waals surface area contributed by atoms with E-state index in [0.29, 0.717) is 17.3 Å². The summed E-state index contributed by atoms with van der Waals surface area (Å²) in [6, 6.07) is 6.56. The summed E-state index contributed by atoms with van der Waals surface area (Å²) in [4.78, 5) is 24.3. The van der Waals surface area contributed by atoms with Crippen LogP contribution in [0.1, 0.15) is 28.6 Å². The van der Waals surface area contributed by atoms with E-state index >= 15 is 0 Å². The summed E-state index contributed by atoms with van der Waals surface area (Å²) >= 11 is 0. The zero-order valence-corrected chi connectivity index (χ0v) is 14.6. The lowest BCUT2D eigenvalue weighted by Crippen LogP contribution is -2.35. The standard InChI is InChI=1S/C18H21NO6/c1-11-15(22-3)8-13(9-16(11)23-4)18(21)25-12(2)17(20)19-10-14-6-5-7-24-14/h5-9,12H,10H2,1-4H3,(H,19,20). The fraction of sp³-hybridized carbons (Fsp3) is 0.333. The molecule has 0 aliphatic rings. The predicted octanol–water partition coefficient (Wildman–Crippen LogP) is 2.47. The molecule has 134 valence electrons. The van der Waals surface area contributed by atoms with Crippen molar-refractivity contribution in [3.05, 3.63) is 47.4 Å². The Morgan fingerprint density at radius 1 is 1.20 bits per heavy atom. The molecule has 0 saturated heterocycles. The van der Waals surface area contributed by atoms with Crippen LogP contribution >= 0.6 is 0 Å². The van der Waals surface area contributed by atoms with E-state index in [4.69, 9.17) is 18.6 Å². The average Bonchev–Trinajstić information content (AvgIpc) is 3.13. The average molecular weight is 347 g/mol. The highest BCUT2D eigenvalue weighted by Gasteiger charge is 2.21. The van der Waals surface area contributed by atoms with Gasteiger partial charge in [-0.25, -0.2) is 4.79 Å². The summed E-state index contributed by atoms with van der Waals surface area (Å²) in [6.45, 7) is 3.54. The number of ether oxygens (including phenoxy) is 3. The van der Waals surface area contributed by atoms with Crippen LogP contribution in [0.2, 0.25) is 0 Å². The second-order valence-electron chi connectivity index (χ2n) is 5.35. The molecule has 1 heterocycles. The number of rotatable bonds is 7. The lowest BCUT2D eigenvalue weighted by atomic mass is 10.1. The number of hydrogen-bond donors (Lipinski definition) is 1. The van der Waals surface area contributed by atoms with Gasteiger partial charge in [-0.15, -0.1) is 0 Å². The van der Waals surface area contributed by atoms with Gasteiger partial charge in [-0.1, -0.05) is 0 Å². The Bertz CT molecular complexity index is 713. The maximum absolute atomic E-state index is 12.3. The number of methoxy groups -OCH3 is 2. The minimum absolute atomic E-state index is 0.222. The molecule has 2 aromatic rings. The third-order valence-corrected chi connectivity index (χ3v) is 3.66. The van der Waals surface area contributed by atoms with Crippen LogP contribution in [0.4, 0.5) is 0 Å². The number of nitrogens with one attached hydrogen (secondary N) is 1. The number of amides is 1. The maximum atomic E-state index is 12.3. The fourth-order valence-electron chi connectivity index (χ4n) is 2.22. The van der Waals surface area contributed by atoms with Crippen LogP contribution in [-0.2, 0) is 16.1 Å². The topological polar surface area (TPSA) is 87.0 Å². The first-order valence-electron chi connectivity index (χ1n) is 7.70. The second-order valence-corrected chi connectivity index (χ2v) is 5.35. The summed E-state index contributed by atoms with van der Waals surface area (Å²) in [6.07, 6.45) is 0.559. The number of hydrogen-bond acceptors (Lipinski definition) is 6. The molecule has 7 nitrogen and oxygen atoms in total. The summed E-state index contributed by atoms with van der Waals surface area (Å²) in [5.74, 6) is 0.551. The number of carbonyl (C=O) groups is 2.